The average molecular weight is 333 g/mol. The van der Waals surface area contributed by atoms with Gasteiger partial charge in [-0.05, 0) is 29.8 Å². The van der Waals surface area contributed by atoms with E-state index in [2.05, 4.69) is 9.98 Å². The molecule has 3 rings (SSSR count). The van der Waals surface area contributed by atoms with Crippen molar-refractivity contribution in [3.8, 4) is 11.8 Å². The lowest BCUT2D eigenvalue weighted by atomic mass is 10.2. The van der Waals surface area contributed by atoms with Crippen LogP contribution in [0.3, 0.4) is 0 Å². The largest absolute Gasteiger partial charge is 0.383 e. The highest BCUT2D eigenvalue weighted by Gasteiger charge is 2.15. The Labute approximate surface area is 142 Å². The minimum absolute atomic E-state index is 0.00103. The maximum atomic E-state index is 13.0. The Hall–Kier alpha value is -3.79. The molecule has 0 aliphatic carbocycles. The summed E-state index contributed by atoms with van der Waals surface area (Å²) in [4.78, 5) is 20.1. The van der Waals surface area contributed by atoms with Crippen LogP contribution in [0.1, 0.15) is 11.3 Å². The predicted molar refractivity (Wildman–Crippen MR) is 92.6 cm³/mol. The molecule has 0 amide bonds. The van der Waals surface area contributed by atoms with Gasteiger partial charge in [-0.15, -0.1) is 0 Å². The van der Waals surface area contributed by atoms with E-state index in [0.717, 1.165) is 0 Å². The van der Waals surface area contributed by atoms with E-state index in [1.165, 1.54) is 35.0 Å². The van der Waals surface area contributed by atoms with Crippen molar-refractivity contribution in [3.05, 3.63) is 82.2 Å². The van der Waals surface area contributed by atoms with Crippen molar-refractivity contribution in [1.82, 2.24) is 9.55 Å². The highest BCUT2D eigenvalue weighted by atomic mass is 19.1. The molecule has 1 heterocycles. The number of hydrogen-bond acceptors (Lipinski definition) is 5. The molecule has 25 heavy (non-hydrogen) atoms. The number of anilines is 1. The molecule has 0 spiro atoms. The molecule has 0 saturated carbocycles. The molecular weight excluding hydrogens is 321 g/mol. The second-order valence-electron chi connectivity index (χ2n) is 5.07. The number of halogens is 1. The van der Waals surface area contributed by atoms with Crippen molar-refractivity contribution >= 4 is 17.7 Å². The lowest BCUT2D eigenvalue weighted by Gasteiger charge is -2.11. The molecule has 0 aliphatic heterocycles. The van der Waals surface area contributed by atoms with Gasteiger partial charge in [0.15, 0.2) is 5.69 Å². The van der Waals surface area contributed by atoms with E-state index in [4.69, 9.17) is 5.73 Å². The molecule has 2 aromatic carbocycles. The number of nitrogens with zero attached hydrogens (tertiary/aromatic N) is 4. The van der Waals surface area contributed by atoms with Crippen molar-refractivity contribution in [1.29, 1.82) is 5.26 Å². The van der Waals surface area contributed by atoms with E-state index in [0.29, 0.717) is 11.3 Å². The molecule has 0 radical (unpaired) electrons. The highest BCUT2D eigenvalue weighted by molar-refractivity contribution is 5.84. The molecule has 1 aromatic heterocycles. The Balaban J connectivity index is 2.14. The normalized spacial score (nSPS) is 10.7. The molecule has 0 bridgehead atoms. The van der Waals surface area contributed by atoms with Gasteiger partial charge in [0.1, 0.15) is 23.4 Å². The van der Waals surface area contributed by atoms with Gasteiger partial charge in [-0.2, -0.15) is 10.2 Å². The summed E-state index contributed by atoms with van der Waals surface area (Å²) in [6.07, 6.45) is 1.42. The van der Waals surface area contributed by atoms with Gasteiger partial charge in [0.25, 0.3) is 0 Å². The Morgan fingerprint density at radius 3 is 2.48 bits per heavy atom. The van der Waals surface area contributed by atoms with Gasteiger partial charge in [-0.3, -0.25) is 0 Å². The molecule has 0 atom stereocenters. The first-order valence-electron chi connectivity index (χ1n) is 7.28. The number of aliphatic imine (C=N–C) groups is 1. The summed E-state index contributed by atoms with van der Waals surface area (Å²) < 4.78 is 14.1. The van der Waals surface area contributed by atoms with Crippen molar-refractivity contribution in [2.45, 2.75) is 0 Å². The van der Waals surface area contributed by atoms with Gasteiger partial charge in [0.05, 0.1) is 5.69 Å². The summed E-state index contributed by atoms with van der Waals surface area (Å²) in [5.41, 5.74) is 6.45. The summed E-state index contributed by atoms with van der Waals surface area (Å²) >= 11 is 0. The number of aromatic nitrogens is 2. The van der Waals surface area contributed by atoms with Crippen LogP contribution in [-0.2, 0) is 0 Å². The van der Waals surface area contributed by atoms with Crippen LogP contribution in [0.15, 0.2) is 64.4 Å². The fourth-order valence-electron chi connectivity index (χ4n) is 2.25. The van der Waals surface area contributed by atoms with Crippen LogP contribution in [0.4, 0.5) is 15.9 Å². The van der Waals surface area contributed by atoms with Crippen LogP contribution in [0.5, 0.6) is 0 Å². The molecule has 7 heteroatoms. The topological polar surface area (TPSA) is 97.1 Å². The molecule has 0 unspecified atom stereocenters. The van der Waals surface area contributed by atoms with Crippen molar-refractivity contribution in [3.63, 3.8) is 0 Å². The Morgan fingerprint density at radius 2 is 1.84 bits per heavy atom. The molecule has 0 saturated heterocycles. The molecule has 0 aliphatic rings. The van der Waals surface area contributed by atoms with Crippen molar-refractivity contribution in [2.75, 3.05) is 5.73 Å². The number of nitrogen functional groups attached to an aromatic ring is 1. The SMILES string of the molecule is N#Cc1nc(=O)n(-c2ccccc2)c(N)c1N=Cc1ccc(F)cc1. The van der Waals surface area contributed by atoms with Crippen LogP contribution in [-0.4, -0.2) is 15.8 Å². The maximum Gasteiger partial charge on any atom is 0.355 e. The molecule has 6 nitrogen and oxygen atoms in total. The molecule has 3 aromatic rings. The van der Waals surface area contributed by atoms with Crippen molar-refractivity contribution < 1.29 is 4.39 Å². The third kappa shape index (κ3) is 3.28. The lowest BCUT2D eigenvalue weighted by Crippen LogP contribution is -2.25. The van der Waals surface area contributed by atoms with E-state index in [-0.39, 0.29) is 23.0 Å². The number of para-hydroxylation sites is 1. The first kappa shape index (κ1) is 16.1. The average Bonchev–Trinajstić information content (AvgIpc) is 2.63. The molecule has 0 fully saturated rings. The monoisotopic (exact) mass is 333 g/mol. The summed E-state index contributed by atoms with van der Waals surface area (Å²) in [6.45, 7) is 0. The Morgan fingerprint density at radius 1 is 1.16 bits per heavy atom. The van der Waals surface area contributed by atoms with Gasteiger partial charge in [-0.25, -0.2) is 18.7 Å². The summed E-state index contributed by atoms with van der Waals surface area (Å²) in [5, 5.41) is 9.22. The van der Waals surface area contributed by atoms with E-state index in [1.807, 2.05) is 6.07 Å². The second-order valence-corrected chi connectivity index (χ2v) is 5.07. The van der Waals surface area contributed by atoms with E-state index in [1.54, 1.807) is 30.3 Å². The Kier molecular flexibility index (Phi) is 4.35. The fourth-order valence-corrected chi connectivity index (χ4v) is 2.25. The smallest absolute Gasteiger partial charge is 0.355 e. The van der Waals surface area contributed by atoms with Crippen LogP contribution in [0.2, 0.25) is 0 Å². The van der Waals surface area contributed by atoms with E-state index >= 15 is 0 Å². The summed E-state index contributed by atoms with van der Waals surface area (Å²) in [6, 6.07) is 16.2. The molecule has 2 N–H and O–H groups in total. The van der Waals surface area contributed by atoms with E-state index < -0.39 is 5.69 Å². The third-order valence-electron chi connectivity index (χ3n) is 3.44. The quantitative estimate of drug-likeness (QED) is 0.745. The van der Waals surface area contributed by atoms with Crippen molar-refractivity contribution in [2.24, 2.45) is 4.99 Å². The lowest BCUT2D eigenvalue weighted by molar-refractivity contribution is 0.628. The molecular formula is C18H12FN5O. The zero-order chi connectivity index (χ0) is 17.8. The second kappa shape index (κ2) is 6.76. The van der Waals surface area contributed by atoms with Gasteiger partial charge in [-0.1, -0.05) is 30.3 Å². The minimum Gasteiger partial charge on any atom is -0.383 e. The van der Waals surface area contributed by atoms with Gasteiger partial charge >= 0.3 is 5.69 Å². The van der Waals surface area contributed by atoms with Crippen LogP contribution in [0, 0.1) is 17.1 Å². The van der Waals surface area contributed by atoms with Crippen LogP contribution < -0.4 is 11.4 Å². The number of rotatable bonds is 3. The Bertz CT molecular complexity index is 1030. The van der Waals surface area contributed by atoms with Gasteiger partial charge < -0.3 is 5.73 Å². The highest BCUT2D eigenvalue weighted by Crippen LogP contribution is 2.25. The zero-order valence-electron chi connectivity index (χ0n) is 12.9. The van der Waals surface area contributed by atoms with Crippen LogP contribution >= 0.6 is 0 Å². The molecule has 122 valence electrons. The third-order valence-corrected chi connectivity index (χ3v) is 3.44. The fraction of sp³-hybridized carbons (Fsp3) is 0. The zero-order valence-corrected chi connectivity index (χ0v) is 12.9. The predicted octanol–water partition coefficient (Wildman–Crippen LogP) is 2.58. The first-order chi connectivity index (χ1) is 12.1. The first-order valence-corrected chi connectivity index (χ1v) is 7.28. The van der Waals surface area contributed by atoms with E-state index in [9.17, 15) is 14.4 Å². The maximum absolute atomic E-state index is 13.0. The number of hydrogen-bond donors (Lipinski definition) is 1. The number of nitrogens with two attached hydrogens (primary N) is 1. The minimum atomic E-state index is -0.666. The number of benzene rings is 2. The number of nitriles is 1. The van der Waals surface area contributed by atoms with Gasteiger partial charge in [0.2, 0.25) is 0 Å². The van der Waals surface area contributed by atoms with Crippen LogP contribution in [0.25, 0.3) is 5.69 Å². The van der Waals surface area contributed by atoms with Gasteiger partial charge in [0, 0.05) is 6.21 Å². The standard InChI is InChI=1S/C18H12FN5O/c19-13-8-6-12(7-9-13)11-22-16-15(10-20)23-18(25)24(17(16)21)14-4-2-1-3-5-14/h1-9,11H,21H2. The summed E-state index contributed by atoms with van der Waals surface area (Å²) in [7, 11) is 0. The summed E-state index contributed by atoms with van der Waals surface area (Å²) in [5.74, 6) is -0.366.